The molecule has 0 saturated carbocycles. The van der Waals surface area contributed by atoms with Crippen molar-refractivity contribution in [3.8, 4) is 0 Å². The zero-order valence-electron chi connectivity index (χ0n) is 9.11. The first-order valence-electron chi connectivity index (χ1n) is 4.71. The van der Waals surface area contributed by atoms with Crippen LogP contribution in [-0.2, 0) is 16.0 Å². The number of aliphatic carboxylic acids is 1. The highest BCUT2D eigenvalue weighted by Gasteiger charge is 2.40. The van der Waals surface area contributed by atoms with Crippen molar-refractivity contribution in [2.45, 2.75) is 25.6 Å². The Morgan fingerprint density at radius 2 is 2.17 bits per heavy atom. The third-order valence-corrected chi connectivity index (χ3v) is 2.90. The van der Waals surface area contributed by atoms with Crippen molar-refractivity contribution in [2.75, 3.05) is 0 Å². The minimum absolute atomic E-state index is 0.282. The summed E-state index contributed by atoms with van der Waals surface area (Å²) in [6.07, 6.45) is -5.39. The second kappa shape index (κ2) is 5.34. The maximum absolute atomic E-state index is 12.0. The number of amides is 1. The lowest BCUT2D eigenvalue weighted by molar-refractivity contribution is -0.175. The van der Waals surface area contributed by atoms with E-state index in [9.17, 15) is 22.8 Å². The Bertz CT molecular complexity index is 458. The fraction of sp³-hybridized carbons (Fsp3) is 0.444. The minimum atomic E-state index is -5.10. The zero-order chi connectivity index (χ0) is 13.9. The molecule has 0 aliphatic rings. The number of thiazole rings is 1. The van der Waals surface area contributed by atoms with E-state index >= 15 is 0 Å². The molecule has 100 valence electrons. The number of halogens is 3. The molecule has 0 spiro atoms. The molecule has 0 aliphatic heterocycles. The normalized spacial score (nSPS) is 13.1. The molecule has 1 heterocycles. The Morgan fingerprint density at radius 1 is 1.56 bits per heavy atom. The van der Waals surface area contributed by atoms with Crippen LogP contribution in [-0.4, -0.2) is 34.2 Å². The Balaban J connectivity index is 2.73. The fourth-order valence-corrected chi connectivity index (χ4v) is 1.93. The number of carboxylic acids is 1. The van der Waals surface area contributed by atoms with Gasteiger partial charge in [-0.1, -0.05) is 0 Å². The minimum Gasteiger partial charge on any atom is -0.480 e. The molecule has 0 fully saturated rings. The number of hydrogen-bond acceptors (Lipinski definition) is 4. The van der Waals surface area contributed by atoms with E-state index in [2.05, 4.69) is 4.98 Å². The van der Waals surface area contributed by atoms with E-state index in [1.54, 1.807) is 12.3 Å². The van der Waals surface area contributed by atoms with E-state index in [0.717, 1.165) is 11.3 Å². The molecule has 2 N–H and O–H groups in total. The van der Waals surface area contributed by atoms with Crippen molar-refractivity contribution >= 4 is 23.2 Å². The van der Waals surface area contributed by atoms with Gasteiger partial charge in [-0.3, -0.25) is 4.79 Å². The van der Waals surface area contributed by atoms with Gasteiger partial charge in [-0.05, 0) is 6.92 Å². The molecule has 1 unspecified atom stereocenters. The van der Waals surface area contributed by atoms with Crippen LogP contribution in [0.15, 0.2) is 5.38 Å². The third-order valence-electron chi connectivity index (χ3n) is 1.91. The highest BCUT2D eigenvalue weighted by Crippen LogP contribution is 2.16. The van der Waals surface area contributed by atoms with Crippen LogP contribution in [0.5, 0.6) is 0 Å². The topological polar surface area (TPSA) is 79.3 Å². The largest absolute Gasteiger partial charge is 0.480 e. The molecule has 5 nitrogen and oxygen atoms in total. The summed E-state index contributed by atoms with van der Waals surface area (Å²) in [6.45, 7) is 1.67. The van der Waals surface area contributed by atoms with Gasteiger partial charge in [0.2, 0.25) is 0 Å². The van der Waals surface area contributed by atoms with Gasteiger partial charge in [-0.15, -0.1) is 11.3 Å². The summed E-state index contributed by atoms with van der Waals surface area (Å²) < 4.78 is 36.0. The molecule has 1 rings (SSSR count). The average Bonchev–Trinajstić information content (AvgIpc) is 2.61. The van der Waals surface area contributed by atoms with Gasteiger partial charge in [0.15, 0.2) is 0 Å². The second-order valence-corrected chi connectivity index (χ2v) is 4.39. The Labute approximate surface area is 104 Å². The van der Waals surface area contributed by atoms with Crippen molar-refractivity contribution in [1.29, 1.82) is 0 Å². The third kappa shape index (κ3) is 3.99. The van der Waals surface area contributed by atoms with Gasteiger partial charge < -0.3 is 10.4 Å². The van der Waals surface area contributed by atoms with Crippen molar-refractivity contribution in [1.82, 2.24) is 10.3 Å². The number of hydrogen-bond donors (Lipinski definition) is 2. The average molecular weight is 282 g/mol. The number of rotatable bonds is 4. The summed E-state index contributed by atoms with van der Waals surface area (Å²) in [5.74, 6) is -3.82. The standard InChI is InChI=1S/C9H9F3N2O3S/c1-4-3-18-6(13-4)2-5(7(15)16)14-8(17)9(10,11)12/h3,5H,2H2,1H3,(H,14,17)(H,15,16). The maximum atomic E-state index is 12.0. The smallest absolute Gasteiger partial charge is 0.471 e. The number of alkyl halides is 3. The SMILES string of the molecule is Cc1csc(CC(NC(=O)C(F)(F)F)C(=O)O)n1. The van der Waals surface area contributed by atoms with Gasteiger partial charge in [0.1, 0.15) is 6.04 Å². The van der Waals surface area contributed by atoms with E-state index in [1.165, 1.54) is 5.32 Å². The monoisotopic (exact) mass is 282 g/mol. The van der Waals surface area contributed by atoms with E-state index in [0.29, 0.717) is 10.7 Å². The van der Waals surface area contributed by atoms with Crippen LogP contribution >= 0.6 is 11.3 Å². The summed E-state index contributed by atoms with van der Waals surface area (Å²) in [6, 6.07) is -1.65. The first kappa shape index (κ1) is 14.4. The molecular weight excluding hydrogens is 273 g/mol. The van der Waals surface area contributed by atoms with Crippen LogP contribution in [0, 0.1) is 6.92 Å². The Kier molecular flexibility index (Phi) is 4.28. The number of nitrogens with zero attached hydrogens (tertiary/aromatic N) is 1. The van der Waals surface area contributed by atoms with Gasteiger partial charge in [-0.2, -0.15) is 13.2 Å². The van der Waals surface area contributed by atoms with Gasteiger partial charge in [-0.25, -0.2) is 9.78 Å². The van der Waals surface area contributed by atoms with Gasteiger partial charge >= 0.3 is 18.1 Å². The van der Waals surface area contributed by atoms with E-state index in [4.69, 9.17) is 5.11 Å². The highest BCUT2D eigenvalue weighted by atomic mass is 32.1. The quantitative estimate of drug-likeness (QED) is 0.867. The van der Waals surface area contributed by atoms with E-state index in [-0.39, 0.29) is 6.42 Å². The molecule has 1 aromatic rings. The van der Waals surface area contributed by atoms with Crippen LogP contribution in [0.1, 0.15) is 10.7 Å². The number of carbonyl (C=O) groups is 2. The molecular formula is C9H9F3N2O3S. The summed E-state index contributed by atoms with van der Waals surface area (Å²) in [5.41, 5.74) is 0.640. The van der Waals surface area contributed by atoms with Crippen LogP contribution < -0.4 is 5.32 Å². The maximum Gasteiger partial charge on any atom is 0.471 e. The van der Waals surface area contributed by atoms with Crippen molar-refractivity contribution < 1.29 is 27.9 Å². The molecule has 0 aromatic carbocycles. The van der Waals surface area contributed by atoms with Crippen molar-refractivity contribution in [3.63, 3.8) is 0 Å². The van der Waals surface area contributed by atoms with Gasteiger partial charge in [0.05, 0.1) is 5.01 Å². The molecule has 18 heavy (non-hydrogen) atoms. The predicted octanol–water partition coefficient (Wildman–Crippen LogP) is 1.13. The van der Waals surface area contributed by atoms with Crippen molar-refractivity contribution in [3.05, 3.63) is 16.1 Å². The first-order chi connectivity index (χ1) is 8.20. The number of carbonyl (C=O) groups excluding carboxylic acids is 1. The predicted molar refractivity (Wildman–Crippen MR) is 56.2 cm³/mol. The molecule has 0 radical (unpaired) electrons. The molecule has 0 saturated heterocycles. The lowest BCUT2D eigenvalue weighted by Crippen LogP contribution is -2.47. The molecule has 1 amide bonds. The van der Waals surface area contributed by atoms with Crippen LogP contribution in [0.3, 0.4) is 0 Å². The number of aryl methyl sites for hydroxylation is 1. The number of carboxylic acid groups (broad SMARTS) is 1. The van der Waals surface area contributed by atoms with E-state index in [1.807, 2.05) is 0 Å². The first-order valence-corrected chi connectivity index (χ1v) is 5.59. The Morgan fingerprint density at radius 3 is 2.56 bits per heavy atom. The van der Waals surface area contributed by atoms with Gasteiger partial charge in [0.25, 0.3) is 0 Å². The van der Waals surface area contributed by atoms with Crippen LogP contribution in [0.4, 0.5) is 13.2 Å². The number of nitrogens with one attached hydrogen (secondary N) is 1. The molecule has 1 aromatic heterocycles. The van der Waals surface area contributed by atoms with Crippen LogP contribution in [0.2, 0.25) is 0 Å². The van der Waals surface area contributed by atoms with Gasteiger partial charge in [0, 0.05) is 17.5 Å². The van der Waals surface area contributed by atoms with E-state index < -0.39 is 24.1 Å². The lowest BCUT2D eigenvalue weighted by atomic mass is 10.2. The summed E-state index contributed by atoms with van der Waals surface area (Å²) in [7, 11) is 0. The molecule has 0 bridgehead atoms. The molecule has 9 heteroatoms. The zero-order valence-corrected chi connectivity index (χ0v) is 9.93. The summed E-state index contributed by atoms with van der Waals surface area (Å²) in [4.78, 5) is 25.4. The molecule has 1 atom stereocenters. The van der Waals surface area contributed by atoms with Crippen molar-refractivity contribution in [2.24, 2.45) is 0 Å². The highest BCUT2D eigenvalue weighted by molar-refractivity contribution is 7.09. The van der Waals surface area contributed by atoms with Crippen LogP contribution in [0.25, 0.3) is 0 Å². The summed E-state index contributed by atoms with van der Waals surface area (Å²) >= 11 is 1.12. The lowest BCUT2D eigenvalue weighted by Gasteiger charge is -2.14. The fourth-order valence-electron chi connectivity index (χ4n) is 1.11. The number of aromatic nitrogens is 1. The Hall–Kier alpha value is -1.64. The summed E-state index contributed by atoms with van der Waals surface area (Å²) in [5, 5.41) is 12.2. The molecule has 0 aliphatic carbocycles. The second-order valence-electron chi connectivity index (χ2n) is 3.45.